The van der Waals surface area contributed by atoms with Gasteiger partial charge in [0.05, 0.1) is 0 Å². The van der Waals surface area contributed by atoms with Crippen LogP contribution in [0.15, 0.2) is 54.6 Å². The van der Waals surface area contributed by atoms with E-state index in [0.29, 0.717) is 5.75 Å². The van der Waals surface area contributed by atoms with Gasteiger partial charge in [0.2, 0.25) is 0 Å². The summed E-state index contributed by atoms with van der Waals surface area (Å²) >= 11 is 0. The van der Waals surface area contributed by atoms with Crippen molar-refractivity contribution in [3.63, 3.8) is 0 Å². The van der Waals surface area contributed by atoms with Gasteiger partial charge in [-0.15, -0.1) is 0 Å². The highest BCUT2D eigenvalue weighted by molar-refractivity contribution is 6.33. The predicted octanol–water partition coefficient (Wildman–Crippen LogP) is 3.38. The van der Waals surface area contributed by atoms with Crippen LogP contribution in [0.3, 0.4) is 0 Å². The molecule has 0 bridgehead atoms. The Labute approximate surface area is 132 Å². The first-order valence-electron chi connectivity index (χ1n) is 7.90. The van der Waals surface area contributed by atoms with Crippen molar-refractivity contribution < 1.29 is 14.7 Å². The smallest absolute Gasteiger partial charge is 0.512 e. The molecule has 116 valence electrons. The minimum atomic E-state index is -1.76. The van der Waals surface area contributed by atoms with Gasteiger partial charge in [-0.2, -0.15) is 0 Å². The van der Waals surface area contributed by atoms with Crippen molar-refractivity contribution in [1.29, 1.82) is 0 Å². The van der Waals surface area contributed by atoms with E-state index in [2.05, 4.69) is 24.3 Å². The van der Waals surface area contributed by atoms with E-state index in [1.165, 1.54) is 24.8 Å². The fourth-order valence-corrected chi connectivity index (χ4v) is 2.58. The standard InChI is InChI=1S/C18H23BO3/c20-19(21)22-18-15-9-8-14-17(18)13-7-2-1-4-10-16-11-5-3-6-12-16/h3,5-6,8-9,11-12,14-15,20-21H,1-2,4,7,10,13H2. The summed E-state index contributed by atoms with van der Waals surface area (Å²) in [4.78, 5) is 0. The number of unbranched alkanes of at least 4 members (excludes halogenated alkanes) is 3. The van der Waals surface area contributed by atoms with E-state index in [-0.39, 0.29) is 0 Å². The summed E-state index contributed by atoms with van der Waals surface area (Å²) in [6, 6.07) is 18.1. The fourth-order valence-electron chi connectivity index (χ4n) is 2.58. The minimum Gasteiger partial charge on any atom is -0.512 e. The molecule has 0 aliphatic heterocycles. The van der Waals surface area contributed by atoms with Crippen molar-refractivity contribution in [3.05, 3.63) is 65.7 Å². The number of rotatable bonds is 9. The van der Waals surface area contributed by atoms with Crippen molar-refractivity contribution in [1.82, 2.24) is 0 Å². The van der Waals surface area contributed by atoms with Gasteiger partial charge in [-0.3, -0.25) is 0 Å². The highest BCUT2D eigenvalue weighted by atomic mass is 16.6. The van der Waals surface area contributed by atoms with E-state index in [9.17, 15) is 0 Å². The van der Waals surface area contributed by atoms with Gasteiger partial charge in [0.25, 0.3) is 0 Å². The zero-order chi connectivity index (χ0) is 15.6. The third kappa shape index (κ3) is 5.92. The van der Waals surface area contributed by atoms with Crippen molar-refractivity contribution in [2.24, 2.45) is 0 Å². The van der Waals surface area contributed by atoms with Crippen LogP contribution < -0.4 is 4.65 Å². The minimum absolute atomic E-state index is 0.557. The average Bonchev–Trinajstić information content (AvgIpc) is 2.52. The molecule has 2 rings (SSSR count). The molecular weight excluding hydrogens is 275 g/mol. The third-order valence-corrected chi connectivity index (χ3v) is 3.71. The summed E-state index contributed by atoms with van der Waals surface area (Å²) in [5, 5.41) is 17.8. The topological polar surface area (TPSA) is 49.7 Å². The monoisotopic (exact) mass is 298 g/mol. The van der Waals surface area contributed by atoms with Crippen molar-refractivity contribution in [2.75, 3.05) is 0 Å². The van der Waals surface area contributed by atoms with Crippen LogP contribution in [0.25, 0.3) is 0 Å². The first-order valence-corrected chi connectivity index (χ1v) is 7.90. The number of benzene rings is 2. The van der Waals surface area contributed by atoms with Gasteiger partial charge >= 0.3 is 7.32 Å². The van der Waals surface area contributed by atoms with E-state index < -0.39 is 7.32 Å². The molecule has 4 heteroatoms. The lowest BCUT2D eigenvalue weighted by Crippen LogP contribution is -2.21. The van der Waals surface area contributed by atoms with Crippen molar-refractivity contribution in [2.45, 2.75) is 38.5 Å². The second-order valence-electron chi connectivity index (χ2n) is 5.45. The van der Waals surface area contributed by atoms with E-state index in [1.807, 2.05) is 24.3 Å². The Morgan fingerprint density at radius 2 is 1.36 bits per heavy atom. The quantitative estimate of drug-likeness (QED) is 0.551. The Balaban J connectivity index is 1.66. The van der Waals surface area contributed by atoms with Crippen LogP contribution in [0.1, 0.15) is 36.8 Å². The molecule has 0 radical (unpaired) electrons. The Morgan fingerprint density at radius 3 is 2.09 bits per heavy atom. The van der Waals surface area contributed by atoms with E-state index in [4.69, 9.17) is 14.7 Å². The van der Waals surface area contributed by atoms with Crippen LogP contribution in [0, 0.1) is 0 Å². The largest absolute Gasteiger partial charge is 0.707 e. The molecule has 2 aromatic carbocycles. The number of hydrogen-bond acceptors (Lipinski definition) is 3. The SMILES string of the molecule is OB(O)Oc1ccccc1CCCCCCc1ccccc1. The molecule has 0 spiro atoms. The van der Waals surface area contributed by atoms with Crippen LogP contribution in [0.2, 0.25) is 0 Å². The maximum Gasteiger partial charge on any atom is 0.707 e. The summed E-state index contributed by atoms with van der Waals surface area (Å²) < 4.78 is 4.99. The molecule has 0 amide bonds. The molecule has 0 saturated heterocycles. The van der Waals surface area contributed by atoms with Crippen LogP contribution in [0.5, 0.6) is 5.75 Å². The zero-order valence-corrected chi connectivity index (χ0v) is 12.8. The van der Waals surface area contributed by atoms with E-state index in [0.717, 1.165) is 24.8 Å². The highest BCUT2D eigenvalue weighted by Gasteiger charge is 2.13. The first kappa shape index (κ1) is 16.6. The molecule has 0 aliphatic rings. The maximum atomic E-state index is 8.91. The Kier molecular flexibility index (Phi) is 7.00. The summed E-state index contributed by atoms with van der Waals surface area (Å²) in [5.74, 6) is 0.557. The molecule has 0 aromatic heterocycles. The molecule has 0 atom stereocenters. The van der Waals surface area contributed by atoms with E-state index in [1.54, 1.807) is 6.07 Å². The van der Waals surface area contributed by atoms with Gasteiger partial charge in [-0.1, -0.05) is 61.4 Å². The van der Waals surface area contributed by atoms with Crippen LogP contribution in [-0.4, -0.2) is 17.4 Å². The molecule has 0 aliphatic carbocycles. The maximum absolute atomic E-state index is 8.91. The lowest BCUT2D eigenvalue weighted by atomic mass is 10.0. The highest BCUT2D eigenvalue weighted by Crippen LogP contribution is 2.21. The van der Waals surface area contributed by atoms with E-state index >= 15 is 0 Å². The molecular formula is C18H23BO3. The molecule has 2 N–H and O–H groups in total. The summed E-state index contributed by atoms with van der Waals surface area (Å²) in [5.41, 5.74) is 2.43. The van der Waals surface area contributed by atoms with Crippen LogP contribution in [0.4, 0.5) is 0 Å². The van der Waals surface area contributed by atoms with Crippen molar-refractivity contribution in [3.8, 4) is 5.75 Å². The van der Waals surface area contributed by atoms with Crippen LogP contribution in [-0.2, 0) is 12.8 Å². The zero-order valence-electron chi connectivity index (χ0n) is 12.8. The summed E-state index contributed by atoms with van der Waals surface area (Å²) in [7, 11) is -1.76. The molecule has 0 unspecified atom stereocenters. The van der Waals surface area contributed by atoms with Crippen LogP contribution >= 0.6 is 0 Å². The Bertz CT molecular complexity index is 543. The average molecular weight is 298 g/mol. The van der Waals surface area contributed by atoms with Gasteiger partial charge in [-0.05, 0) is 42.9 Å². The lowest BCUT2D eigenvalue weighted by Gasteiger charge is -2.10. The van der Waals surface area contributed by atoms with Gasteiger partial charge < -0.3 is 14.7 Å². The molecule has 2 aromatic rings. The normalized spacial score (nSPS) is 10.5. The van der Waals surface area contributed by atoms with Gasteiger partial charge in [-0.25, -0.2) is 0 Å². The van der Waals surface area contributed by atoms with Gasteiger partial charge in [0.1, 0.15) is 5.75 Å². The van der Waals surface area contributed by atoms with Crippen molar-refractivity contribution >= 4 is 7.32 Å². The second kappa shape index (κ2) is 9.28. The molecule has 22 heavy (non-hydrogen) atoms. The molecule has 0 fully saturated rings. The first-order chi connectivity index (χ1) is 10.8. The third-order valence-electron chi connectivity index (χ3n) is 3.71. The van der Waals surface area contributed by atoms with Gasteiger partial charge in [0.15, 0.2) is 0 Å². The lowest BCUT2D eigenvalue weighted by molar-refractivity contribution is 0.287. The number of para-hydroxylation sites is 1. The second-order valence-corrected chi connectivity index (χ2v) is 5.45. The number of aryl methyl sites for hydroxylation is 2. The predicted molar refractivity (Wildman–Crippen MR) is 89.6 cm³/mol. The molecule has 3 nitrogen and oxygen atoms in total. The molecule has 0 heterocycles. The molecule has 0 saturated carbocycles. The number of hydrogen-bond donors (Lipinski definition) is 2. The van der Waals surface area contributed by atoms with Gasteiger partial charge in [0, 0.05) is 0 Å². The Hall–Kier alpha value is -1.78. The summed E-state index contributed by atoms with van der Waals surface area (Å²) in [6.45, 7) is 0. The summed E-state index contributed by atoms with van der Waals surface area (Å²) in [6.07, 6.45) is 6.70. The fraction of sp³-hybridized carbons (Fsp3) is 0.333. The Morgan fingerprint density at radius 1 is 0.727 bits per heavy atom.